The summed E-state index contributed by atoms with van der Waals surface area (Å²) in [6.07, 6.45) is 3.05. The molecular formula is C10H16N2O4. The van der Waals surface area contributed by atoms with Gasteiger partial charge < -0.3 is 14.6 Å². The van der Waals surface area contributed by atoms with Crippen LogP contribution in [0.25, 0.3) is 0 Å². The van der Waals surface area contributed by atoms with Gasteiger partial charge in [-0.1, -0.05) is 0 Å². The third-order valence-corrected chi connectivity index (χ3v) is 2.21. The van der Waals surface area contributed by atoms with Gasteiger partial charge in [-0.25, -0.2) is 4.79 Å². The van der Waals surface area contributed by atoms with Crippen LogP contribution in [0.15, 0.2) is 12.4 Å². The van der Waals surface area contributed by atoms with Gasteiger partial charge in [-0.15, -0.1) is 0 Å². The summed E-state index contributed by atoms with van der Waals surface area (Å²) in [6, 6.07) is 0. The van der Waals surface area contributed by atoms with E-state index in [-0.39, 0.29) is 0 Å². The zero-order chi connectivity index (χ0) is 12.2. The molecule has 0 amide bonds. The Morgan fingerprint density at radius 3 is 2.81 bits per heavy atom. The maximum atomic E-state index is 11.0. The van der Waals surface area contributed by atoms with Crippen molar-refractivity contribution in [2.75, 3.05) is 20.3 Å². The second-order valence-corrected chi connectivity index (χ2v) is 3.83. The summed E-state index contributed by atoms with van der Waals surface area (Å²) < 4.78 is 11.5. The molecule has 0 radical (unpaired) electrons. The summed E-state index contributed by atoms with van der Waals surface area (Å²) in [5.74, 6) is -0.412. The Hall–Kier alpha value is -1.56. The Morgan fingerprint density at radius 1 is 1.56 bits per heavy atom. The normalized spacial score (nSPS) is 11.4. The predicted molar refractivity (Wildman–Crippen MR) is 56.6 cm³/mol. The number of hydrogen-bond donors (Lipinski definition) is 1. The fourth-order valence-electron chi connectivity index (χ4n) is 1.03. The van der Waals surface area contributed by atoms with E-state index in [0.29, 0.717) is 19.0 Å². The van der Waals surface area contributed by atoms with Gasteiger partial charge in [-0.05, 0) is 13.8 Å². The Bertz CT molecular complexity index is 359. The van der Waals surface area contributed by atoms with E-state index in [2.05, 4.69) is 5.10 Å². The van der Waals surface area contributed by atoms with Crippen LogP contribution in [-0.4, -0.2) is 41.2 Å². The highest BCUT2D eigenvalue weighted by Crippen LogP contribution is 2.18. The molecule has 1 heterocycles. The topological polar surface area (TPSA) is 73.6 Å². The van der Waals surface area contributed by atoms with Gasteiger partial charge in [0.2, 0.25) is 0 Å². The Balaban J connectivity index is 2.67. The van der Waals surface area contributed by atoms with E-state index in [9.17, 15) is 4.79 Å². The fraction of sp³-hybridized carbons (Fsp3) is 0.600. The van der Waals surface area contributed by atoms with Crippen molar-refractivity contribution in [1.82, 2.24) is 9.78 Å². The van der Waals surface area contributed by atoms with Crippen LogP contribution in [0.3, 0.4) is 0 Å². The van der Waals surface area contributed by atoms with Gasteiger partial charge in [0.1, 0.15) is 6.61 Å². The quantitative estimate of drug-likeness (QED) is 0.726. The Labute approximate surface area is 93.8 Å². The highest BCUT2D eigenvalue weighted by atomic mass is 16.5. The van der Waals surface area contributed by atoms with E-state index < -0.39 is 11.5 Å². The number of carboxylic acid groups (broad SMARTS) is 1. The molecule has 90 valence electrons. The molecule has 0 saturated heterocycles. The van der Waals surface area contributed by atoms with E-state index in [4.69, 9.17) is 14.6 Å². The van der Waals surface area contributed by atoms with Crippen LogP contribution in [0.1, 0.15) is 13.8 Å². The van der Waals surface area contributed by atoms with Crippen LogP contribution in [0.5, 0.6) is 5.75 Å². The minimum Gasteiger partial charge on any atom is -0.488 e. The van der Waals surface area contributed by atoms with Gasteiger partial charge in [0, 0.05) is 7.11 Å². The summed E-state index contributed by atoms with van der Waals surface area (Å²) in [5, 5.41) is 13.0. The number of methoxy groups -OCH3 is 1. The molecule has 0 aliphatic carbocycles. The van der Waals surface area contributed by atoms with Gasteiger partial charge in [0.05, 0.1) is 19.0 Å². The smallest absolute Gasteiger partial charge is 0.331 e. The maximum Gasteiger partial charge on any atom is 0.331 e. The van der Waals surface area contributed by atoms with Gasteiger partial charge in [0.15, 0.2) is 11.3 Å². The molecule has 1 rings (SSSR count). The molecule has 0 bridgehead atoms. The zero-order valence-electron chi connectivity index (χ0n) is 9.64. The molecule has 0 aliphatic rings. The molecule has 6 heteroatoms. The molecule has 0 saturated carbocycles. The van der Waals surface area contributed by atoms with E-state index in [0.717, 1.165) is 0 Å². The van der Waals surface area contributed by atoms with Gasteiger partial charge in [-0.2, -0.15) is 5.10 Å². The SMILES string of the molecule is COCCOc1cnn(C(C)(C)C(=O)O)c1. The molecule has 0 atom stereocenters. The number of rotatable bonds is 6. The summed E-state index contributed by atoms with van der Waals surface area (Å²) in [4.78, 5) is 11.0. The Kier molecular flexibility index (Phi) is 3.89. The first-order chi connectivity index (χ1) is 7.48. The van der Waals surface area contributed by atoms with E-state index in [1.54, 1.807) is 27.2 Å². The highest BCUT2D eigenvalue weighted by molar-refractivity contribution is 5.75. The van der Waals surface area contributed by atoms with Crippen LogP contribution in [-0.2, 0) is 15.1 Å². The molecule has 0 fully saturated rings. The molecule has 1 aromatic rings. The third-order valence-electron chi connectivity index (χ3n) is 2.21. The Morgan fingerprint density at radius 2 is 2.25 bits per heavy atom. The average molecular weight is 228 g/mol. The molecule has 0 aromatic carbocycles. The van der Waals surface area contributed by atoms with Crippen molar-refractivity contribution in [2.45, 2.75) is 19.4 Å². The predicted octanol–water partition coefficient (Wildman–Crippen LogP) is 0.728. The van der Waals surface area contributed by atoms with Crippen molar-refractivity contribution in [3.05, 3.63) is 12.4 Å². The average Bonchev–Trinajstić information content (AvgIpc) is 2.67. The zero-order valence-corrected chi connectivity index (χ0v) is 9.64. The first kappa shape index (κ1) is 12.5. The van der Waals surface area contributed by atoms with E-state index >= 15 is 0 Å². The molecule has 1 aromatic heterocycles. The molecule has 0 spiro atoms. The van der Waals surface area contributed by atoms with Crippen molar-refractivity contribution in [3.63, 3.8) is 0 Å². The van der Waals surface area contributed by atoms with E-state index in [1.165, 1.54) is 10.9 Å². The first-order valence-corrected chi connectivity index (χ1v) is 4.88. The summed E-state index contributed by atoms with van der Waals surface area (Å²) >= 11 is 0. The summed E-state index contributed by atoms with van der Waals surface area (Å²) in [6.45, 7) is 4.03. The number of aromatic nitrogens is 2. The second-order valence-electron chi connectivity index (χ2n) is 3.83. The molecule has 0 aliphatic heterocycles. The standard InChI is InChI=1S/C10H16N2O4/c1-10(2,9(13)14)12-7-8(6-11-12)16-5-4-15-3/h6-7H,4-5H2,1-3H3,(H,13,14). The largest absolute Gasteiger partial charge is 0.488 e. The molecule has 16 heavy (non-hydrogen) atoms. The van der Waals surface area contributed by atoms with Crippen molar-refractivity contribution >= 4 is 5.97 Å². The van der Waals surface area contributed by atoms with Gasteiger partial charge in [-0.3, -0.25) is 4.68 Å². The number of aliphatic carboxylic acids is 1. The second kappa shape index (κ2) is 4.98. The summed E-state index contributed by atoms with van der Waals surface area (Å²) in [5.41, 5.74) is -1.08. The summed E-state index contributed by atoms with van der Waals surface area (Å²) in [7, 11) is 1.58. The lowest BCUT2D eigenvalue weighted by atomic mass is 10.1. The molecular weight excluding hydrogens is 212 g/mol. The van der Waals surface area contributed by atoms with Crippen molar-refractivity contribution in [3.8, 4) is 5.75 Å². The van der Waals surface area contributed by atoms with Crippen molar-refractivity contribution in [2.24, 2.45) is 0 Å². The van der Waals surface area contributed by atoms with Crippen LogP contribution in [0, 0.1) is 0 Å². The molecule has 0 unspecified atom stereocenters. The van der Waals surface area contributed by atoms with Crippen LogP contribution in [0.2, 0.25) is 0 Å². The number of carbonyl (C=O) groups is 1. The number of hydrogen-bond acceptors (Lipinski definition) is 4. The van der Waals surface area contributed by atoms with Crippen LogP contribution < -0.4 is 4.74 Å². The van der Waals surface area contributed by atoms with Crippen molar-refractivity contribution < 1.29 is 19.4 Å². The number of carboxylic acids is 1. The monoisotopic (exact) mass is 228 g/mol. The van der Waals surface area contributed by atoms with Gasteiger partial charge >= 0.3 is 5.97 Å². The number of nitrogens with zero attached hydrogens (tertiary/aromatic N) is 2. The van der Waals surface area contributed by atoms with Gasteiger partial charge in [0.25, 0.3) is 0 Å². The highest BCUT2D eigenvalue weighted by Gasteiger charge is 2.30. The lowest BCUT2D eigenvalue weighted by molar-refractivity contribution is -0.146. The number of ether oxygens (including phenoxy) is 2. The van der Waals surface area contributed by atoms with E-state index in [1.807, 2.05) is 0 Å². The fourth-order valence-corrected chi connectivity index (χ4v) is 1.03. The first-order valence-electron chi connectivity index (χ1n) is 4.88. The lowest BCUT2D eigenvalue weighted by Crippen LogP contribution is -2.35. The minimum atomic E-state index is -1.08. The molecule has 1 N–H and O–H groups in total. The third kappa shape index (κ3) is 2.73. The van der Waals surface area contributed by atoms with Crippen molar-refractivity contribution in [1.29, 1.82) is 0 Å². The molecule has 6 nitrogen and oxygen atoms in total. The van der Waals surface area contributed by atoms with Crippen LogP contribution >= 0.6 is 0 Å². The maximum absolute atomic E-state index is 11.0. The minimum absolute atomic E-state index is 0.412. The van der Waals surface area contributed by atoms with Crippen LogP contribution in [0.4, 0.5) is 0 Å². The lowest BCUT2D eigenvalue weighted by Gasteiger charge is -2.19.